The van der Waals surface area contributed by atoms with Gasteiger partial charge in [0.25, 0.3) is 10.0 Å². The quantitative estimate of drug-likeness (QED) is 0.700. The minimum absolute atomic E-state index is 0.0300. The zero-order valence-corrected chi connectivity index (χ0v) is 16.7. The molecule has 2 rings (SSSR count). The molecule has 6 nitrogen and oxygen atoms in total. The molecule has 2 aromatic rings. The molecule has 0 aliphatic carbocycles. The zero-order chi connectivity index (χ0) is 19.3. The van der Waals surface area contributed by atoms with Crippen LogP contribution in [0.5, 0.6) is 0 Å². The van der Waals surface area contributed by atoms with Crippen LogP contribution in [0.15, 0.2) is 41.3 Å². The van der Waals surface area contributed by atoms with E-state index in [0.717, 1.165) is 5.56 Å². The van der Waals surface area contributed by atoms with Crippen molar-refractivity contribution in [3.63, 3.8) is 0 Å². The Kier molecular flexibility index (Phi) is 6.86. The van der Waals surface area contributed by atoms with Crippen molar-refractivity contribution in [1.82, 2.24) is 9.88 Å². The van der Waals surface area contributed by atoms with E-state index in [9.17, 15) is 13.2 Å². The number of benzene rings is 1. The highest BCUT2D eigenvalue weighted by Crippen LogP contribution is 2.24. The van der Waals surface area contributed by atoms with Crippen LogP contribution in [-0.4, -0.2) is 37.3 Å². The summed E-state index contributed by atoms with van der Waals surface area (Å²) < 4.78 is 27.3. The molecule has 0 saturated heterocycles. The number of hydrogen-bond acceptors (Lipinski definition) is 4. The second-order valence-corrected chi connectivity index (χ2v) is 7.86. The highest BCUT2D eigenvalue weighted by atomic mass is 35.5. The predicted molar refractivity (Wildman–Crippen MR) is 103 cm³/mol. The lowest BCUT2D eigenvalue weighted by molar-refractivity contribution is -0.130. The van der Waals surface area contributed by atoms with Crippen molar-refractivity contribution >= 4 is 44.8 Å². The first-order valence-corrected chi connectivity index (χ1v) is 10.2. The van der Waals surface area contributed by atoms with Gasteiger partial charge in [0.1, 0.15) is 10.0 Å². The van der Waals surface area contributed by atoms with Gasteiger partial charge in [-0.25, -0.2) is 13.4 Å². The highest BCUT2D eigenvalue weighted by molar-refractivity contribution is 7.92. The van der Waals surface area contributed by atoms with E-state index in [0.29, 0.717) is 18.8 Å². The maximum absolute atomic E-state index is 12.4. The Bertz CT molecular complexity index is 883. The van der Waals surface area contributed by atoms with Crippen LogP contribution in [0.1, 0.15) is 19.4 Å². The zero-order valence-electron chi connectivity index (χ0n) is 14.4. The number of halogens is 2. The highest BCUT2D eigenvalue weighted by Gasteiger charge is 2.19. The number of anilines is 1. The Hall–Kier alpha value is -1.83. The Morgan fingerprint density at radius 1 is 1.08 bits per heavy atom. The third-order valence-corrected chi connectivity index (χ3v) is 5.77. The summed E-state index contributed by atoms with van der Waals surface area (Å²) in [5.41, 5.74) is 1.16. The third kappa shape index (κ3) is 5.09. The van der Waals surface area contributed by atoms with Gasteiger partial charge >= 0.3 is 0 Å². The third-order valence-electron chi connectivity index (χ3n) is 3.75. The molecule has 0 aliphatic heterocycles. The second kappa shape index (κ2) is 8.70. The van der Waals surface area contributed by atoms with Gasteiger partial charge in [0, 0.05) is 18.8 Å². The number of nitrogens with one attached hydrogen (secondary N) is 1. The Morgan fingerprint density at radius 3 is 2.23 bits per heavy atom. The number of likely N-dealkylation sites (N-methyl/N-ethyl adjacent to an activating group) is 1. The summed E-state index contributed by atoms with van der Waals surface area (Å²) in [5, 5.41) is -0.0948. The van der Waals surface area contributed by atoms with E-state index in [1.54, 1.807) is 29.2 Å². The van der Waals surface area contributed by atoms with Crippen molar-refractivity contribution in [2.75, 3.05) is 17.8 Å². The molecule has 1 heterocycles. The topological polar surface area (TPSA) is 79.4 Å². The molecule has 0 saturated carbocycles. The fourth-order valence-corrected chi connectivity index (χ4v) is 4.08. The Balaban J connectivity index is 2.12. The average molecular weight is 416 g/mol. The molecule has 0 aliphatic rings. The Morgan fingerprint density at radius 2 is 1.69 bits per heavy atom. The number of nitrogens with zero attached hydrogens (tertiary/aromatic N) is 2. The summed E-state index contributed by atoms with van der Waals surface area (Å²) in [6.07, 6.45) is 0.266. The van der Waals surface area contributed by atoms with Gasteiger partial charge in [-0.2, -0.15) is 0 Å². The fraction of sp³-hybridized carbons (Fsp3) is 0.294. The van der Waals surface area contributed by atoms with Gasteiger partial charge in [0.05, 0.1) is 6.42 Å². The molecule has 140 valence electrons. The standard InChI is InChI=1S/C17H19Cl2N3O3S/c1-3-22(4-2)16(23)11-12-5-7-13(8-6-12)21-26(24,25)14-9-10-15(18)20-17(14)19/h5-10,21H,3-4,11H2,1-2H3. The van der Waals surface area contributed by atoms with Crippen molar-refractivity contribution in [1.29, 1.82) is 0 Å². The lowest BCUT2D eigenvalue weighted by Gasteiger charge is -2.18. The van der Waals surface area contributed by atoms with Crippen LogP contribution < -0.4 is 4.72 Å². The van der Waals surface area contributed by atoms with Crippen LogP contribution in [0.25, 0.3) is 0 Å². The first kappa shape index (κ1) is 20.5. The molecule has 1 N–H and O–H groups in total. The van der Waals surface area contributed by atoms with Crippen LogP contribution in [-0.2, 0) is 21.2 Å². The Labute approximate surface area is 163 Å². The molecule has 0 spiro atoms. The van der Waals surface area contributed by atoms with Crippen LogP contribution in [0.2, 0.25) is 10.3 Å². The summed E-state index contributed by atoms with van der Waals surface area (Å²) in [5.74, 6) is 0.0300. The minimum atomic E-state index is -3.90. The number of sulfonamides is 1. The molecule has 0 bridgehead atoms. The summed E-state index contributed by atoms with van der Waals surface area (Å²) in [6, 6.07) is 9.25. The van der Waals surface area contributed by atoms with Crippen molar-refractivity contribution in [2.45, 2.75) is 25.2 Å². The molecule has 1 aromatic carbocycles. The van der Waals surface area contributed by atoms with Gasteiger partial charge in [0.2, 0.25) is 5.91 Å². The largest absolute Gasteiger partial charge is 0.343 e. The van der Waals surface area contributed by atoms with Gasteiger partial charge in [-0.3, -0.25) is 9.52 Å². The van der Waals surface area contributed by atoms with Gasteiger partial charge in [-0.05, 0) is 43.7 Å². The van der Waals surface area contributed by atoms with E-state index in [4.69, 9.17) is 23.2 Å². The number of amides is 1. The van der Waals surface area contributed by atoms with Crippen LogP contribution >= 0.6 is 23.2 Å². The molecule has 1 aromatic heterocycles. The van der Waals surface area contributed by atoms with Gasteiger partial charge in [0.15, 0.2) is 5.15 Å². The second-order valence-electron chi connectivity index (χ2n) is 5.47. The fourth-order valence-electron chi connectivity index (χ4n) is 2.36. The maximum Gasteiger partial charge on any atom is 0.264 e. The molecule has 0 unspecified atom stereocenters. The van der Waals surface area contributed by atoms with Crippen molar-refractivity contribution in [3.05, 3.63) is 52.3 Å². The van der Waals surface area contributed by atoms with Crippen LogP contribution in [0.4, 0.5) is 5.69 Å². The lowest BCUT2D eigenvalue weighted by Crippen LogP contribution is -2.31. The van der Waals surface area contributed by atoms with E-state index in [1.807, 2.05) is 13.8 Å². The van der Waals surface area contributed by atoms with Crippen molar-refractivity contribution in [2.24, 2.45) is 0 Å². The molecule has 0 atom stereocenters. The lowest BCUT2D eigenvalue weighted by atomic mass is 10.1. The van der Waals surface area contributed by atoms with E-state index >= 15 is 0 Å². The smallest absolute Gasteiger partial charge is 0.264 e. The van der Waals surface area contributed by atoms with Crippen molar-refractivity contribution in [3.8, 4) is 0 Å². The number of carbonyl (C=O) groups is 1. The van der Waals surface area contributed by atoms with E-state index in [2.05, 4.69) is 9.71 Å². The predicted octanol–water partition coefficient (Wildman–Crippen LogP) is 3.60. The first-order chi connectivity index (χ1) is 12.3. The summed E-state index contributed by atoms with van der Waals surface area (Å²) in [4.78, 5) is 17.4. The monoisotopic (exact) mass is 415 g/mol. The first-order valence-electron chi connectivity index (χ1n) is 7.98. The number of hydrogen-bond donors (Lipinski definition) is 1. The number of rotatable bonds is 7. The molecule has 9 heteroatoms. The van der Waals surface area contributed by atoms with E-state index < -0.39 is 10.0 Å². The SMILES string of the molecule is CCN(CC)C(=O)Cc1ccc(NS(=O)(=O)c2ccc(Cl)nc2Cl)cc1. The van der Waals surface area contributed by atoms with Crippen molar-refractivity contribution < 1.29 is 13.2 Å². The molecular formula is C17H19Cl2N3O3S. The number of aromatic nitrogens is 1. The van der Waals surface area contributed by atoms with Gasteiger partial charge in [-0.15, -0.1) is 0 Å². The van der Waals surface area contributed by atoms with Crippen LogP contribution in [0.3, 0.4) is 0 Å². The molecule has 0 radical (unpaired) electrons. The van der Waals surface area contributed by atoms with Gasteiger partial charge in [-0.1, -0.05) is 35.3 Å². The van der Waals surface area contributed by atoms with Crippen LogP contribution in [0, 0.1) is 0 Å². The molecule has 0 fully saturated rings. The average Bonchev–Trinajstić information content (AvgIpc) is 2.57. The number of carbonyl (C=O) groups excluding carboxylic acids is 1. The molecule has 26 heavy (non-hydrogen) atoms. The maximum atomic E-state index is 12.4. The molecular weight excluding hydrogens is 397 g/mol. The van der Waals surface area contributed by atoms with E-state index in [-0.39, 0.29) is 27.5 Å². The van der Waals surface area contributed by atoms with Gasteiger partial charge < -0.3 is 4.90 Å². The van der Waals surface area contributed by atoms with E-state index in [1.165, 1.54) is 12.1 Å². The summed E-state index contributed by atoms with van der Waals surface area (Å²) >= 11 is 11.6. The number of pyridine rings is 1. The molecule has 1 amide bonds. The normalized spacial score (nSPS) is 11.2. The summed E-state index contributed by atoms with van der Waals surface area (Å²) in [7, 11) is -3.90. The summed E-state index contributed by atoms with van der Waals surface area (Å²) in [6.45, 7) is 5.16. The minimum Gasteiger partial charge on any atom is -0.343 e.